The van der Waals surface area contributed by atoms with Gasteiger partial charge in [0, 0.05) is 23.3 Å². The number of aliphatic hydroxyl groups excluding tert-OH is 1. The molecular weight excluding hydrogens is 459 g/mol. The third-order valence-electron chi connectivity index (χ3n) is 7.12. The van der Waals surface area contributed by atoms with E-state index >= 15 is 0 Å². The summed E-state index contributed by atoms with van der Waals surface area (Å²) in [6.07, 6.45) is 9.81. The summed E-state index contributed by atoms with van der Waals surface area (Å²) in [5.74, 6) is 0.714. The number of hydrogen-bond donors (Lipinski definition) is 2. The maximum Gasteiger partial charge on any atom is 0.228 e. The monoisotopic (exact) mass is 494 g/mol. The Bertz CT molecular complexity index is 990. The van der Waals surface area contributed by atoms with E-state index in [4.69, 9.17) is 26.3 Å². The van der Waals surface area contributed by atoms with Crippen molar-refractivity contribution in [2.45, 2.75) is 53.9 Å². The van der Waals surface area contributed by atoms with E-state index in [1.165, 1.54) is 6.21 Å². The van der Waals surface area contributed by atoms with Crippen molar-refractivity contribution in [3.63, 3.8) is 0 Å². The van der Waals surface area contributed by atoms with Crippen molar-refractivity contribution in [3.05, 3.63) is 45.5 Å². The molecule has 0 aliphatic heterocycles. The van der Waals surface area contributed by atoms with E-state index in [0.717, 1.165) is 24.1 Å². The molecule has 0 aromatic heterocycles. The molecule has 1 saturated carbocycles. The van der Waals surface area contributed by atoms with Crippen molar-refractivity contribution in [3.8, 4) is 11.5 Å². The molecule has 0 radical (unpaired) electrons. The van der Waals surface area contributed by atoms with Crippen LogP contribution in [0.15, 0.2) is 33.9 Å². The Balaban J connectivity index is 2.38. The van der Waals surface area contributed by atoms with Gasteiger partial charge in [-0.15, -0.1) is 0 Å². The van der Waals surface area contributed by atoms with Crippen LogP contribution in [-0.2, 0) is 11.3 Å². The molecule has 188 valence electrons. The summed E-state index contributed by atoms with van der Waals surface area (Å²) in [6, 6.07) is 0. The van der Waals surface area contributed by atoms with Crippen LogP contribution in [0.5, 0.6) is 11.5 Å². The minimum absolute atomic E-state index is 0.0869. The van der Waals surface area contributed by atoms with Gasteiger partial charge in [0.1, 0.15) is 25.3 Å². The number of halogens is 2. The maximum absolute atomic E-state index is 13.1. The third-order valence-corrected chi connectivity index (χ3v) is 7.57. The standard InChI is InChI=1S/C26H36ClFN2O4/c1-16(11-12-26(5)17(2)8-10-22(19(26)4)30-33-6)7-9-20-24(32)21(13-29-15-31)18(3)23(27)25(20)34-14-28/h7,11-13,17,19,31-32H,8-10,14-15H2,1-6H3/b12-11+,16-7+,29-13?,30-22+/t17-,19+,26+/m1/s1. The van der Waals surface area contributed by atoms with Crippen molar-refractivity contribution in [2.75, 3.05) is 20.7 Å². The van der Waals surface area contributed by atoms with Crippen LogP contribution in [0.4, 0.5) is 4.39 Å². The lowest BCUT2D eigenvalue weighted by molar-refractivity contribution is 0.169. The highest BCUT2D eigenvalue weighted by Crippen LogP contribution is 2.45. The Labute approximate surface area is 206 Å². The first-order valence-electron chi connectivity index (χ1n) is 11.4. The number of phenols is 1. The number of aliphatic imine (C=N–C) groups is 1. The molecule has 1 fully saturated rings. The van der Waals surface area contributed by atoms with Crippen LogP contribution in [-0.4, -0.2) is 42.8 Å². The fraction of sp³-hybridized carbons (Fsp3) is 0.538. The highest BCUT2D eigenvalue weighted by Gasteiger charge is 2.41. The number of nitrogens with zero attached hydrogens (tertiary/aromatic N) is 2. The van der Waals surface area contributed by atoms with Crippen LogP contribution in [0.1, 0.15) is 57.2 Å². The average Bonchev–Trinajstić information content (AvgIpc) is 2.81. The topological polar surface area (TPSA) is 83.6 Å². The van der Waals surface area contributed by atoms with Crippen LogP contribution >= 0.6 is 11.6 Å². The van der Waals surface area contributed by atoms with E-state index in [1.54, 1.807) is 14.0 Å². The summed E-state index contributed by atoms with van der Waals surface area (Å²) in [7, 11) is 1.58. The molecule has 2 rings (SSSR count). The van der Waals surface area contributed by atoms with Crippen molar-refractivity contribution < 1.29 is 24.2 Å². The zero-order valence-corrected chi connectivity index (χ0v) is 21.6. The lowest BCUT2D eigenvalue weighted by Gasteiger charge is -2.43. The smallest absolute Gasteiger partial charge is 0.228 e. The quantitative estimate of drug-likeness (QED) is 0.245. The SMILES string of the molecule is CO/N=C1\CC[C@@H](C)[C@](C)(/C=C/C(C)=C/Cc2c(O)c(C=NCO)c(C)c(Cl)c2OCF)[C@H]1C. The first kappa shape index (κ1) is 27.9. The molecule has 0 unspecified atom stereocenters. The number of alkyl halides is 1. The Morgan fingerprint density at radius 1 is 1.35 bits per heavy atom. The van der Waals surface area contributed by atoms with Gasteiger partial charge in [-0.2, -0.15) is 0 Å². The Morgan fingerprint density at radius 2 is 2.06 bits per heavy atom. The molecule has 1 aromatic carbocycles. The van der Waals surface area contributed by atoms with Crippen LogP contribution in [0, 0.1) is 24.2 Å². The second kappa shape index (κ2) is 12.4. The Morgan fingerprint density at radius 3 is 2.68 bits per heavy atom. The van der Waals surface area contributed by atoms with Gasteiger partial charge in [0.05, 0.1) is 10.7 Å². The number of hydrogen-bond acceptors (Lipinski definition) is 6. The summed E-state index contributed by atoms with van der Waals surface area (Å²) >= 11 is 6.42. The molecule has 1 aromatic rings. The number of ether oxygens (including phenoxy) is 1. The number of aliphatic hydroxyl groups is 1. The number of oxime groups is 1. The average molecular weight is 495 g/mol. The minimum Gasteiger partial charge on any atom is -0.507 e. The largest absolute Gasteiger partial charge is 0.507 e. The first-order chi connectivity index (χ1) is 16.1. The molecule has 6 nitrogen and oxygen atoms in total. The molecule has 8 heteroatoms. The number of rotatable bonds is 9. The van der Waals surface area contributed by atoms with E-state index in [2.05, 4.69) is 43.1 Å². The molecule has 0 spiro atoms. The van der Waals surface area contributed by atoms with Gasteiger partial charge in [-0.3, -0.25) is 4.99 Å². The second-order valence-electron chi connectivity index (χ2n) is 8.99. The van der Waals surface area contributed by atoms with Crippen LogP contribution in [0.3, 0.4) is 0 Å². The first-order valence-corrected chi connectivity index (χ1v) is 11.8. The molecule has 1 aliphatic rings. The maximum atomic E-state index is 13.1. The Kier molecular flexibility index (Phi) is 10.1. The molecule has 0 amide bonds. The Hall–Kier alpha value is -2.38. The molecular formula is C26H36ClFN2O4. The van der Waals surface area contributed by atoms with Gasteiger partial charge in [0.25, 0.3) is 0 Å². The highest BCUT2D eigenvalue weighted by molar-refractivity contribution is 6.33. The van der Waals surface area contributed by atoms with E-state index in [0.29, 0.717) is 22.6 Å². The molecule has 1 aliphatic carbocycles. The van der Waals surface area contributed by atoms with Gasteiger partial charge in [-0.05, 0) is 50.0 Å². The van der Waals surface area contributed by atoms with E-state index in [1.807, 2.05) is 13.0 Å². The third kappa shape index (κ3) is 5.99. The molecule has 34 heavy (non-hydrogen) atoms. The summed E-state index contributed by atoms with van der Waals surface area (Å²) in [5, 5.41) is 24.3. The predicted molar refractivity (Wildman–Crippen MR) is 136 cm³/mol. The molecule has 2 N–H and O–H groups in total. The summed E-state index contributed by atoms with van der Waals surface area (Å²) in [6.45, 7) is 8.82. The summed E-state index contributed by atoms with van der Waals surface area (Å²) in [4.78, 5) is 8.84. The number of allylic oxidation sites excluding steroid dienone is 4. The second-order valence-corrected chi connectivity index (χ2v) is 9.37. The summed E-state index contributed by atoms with van der Waals surface area (Å²) < 4.78 is 18.2. The zero-order chi connectivity index (χ0) is 25.5. The van der Waals surface area contributed by atoms with Gasteiger partial charge in [0.15, 0.2) is 0 Å². The predicted octanol–water partition coefficient (Wildman–Crippen LogP) is 6.15. The lowest BCUT2D eigenvalue weighted by Crippen LogP contribution is -2.40. The molecule has 0 heterocycles. The van der Waals surface area contributed by atoms with Crippen molar-refractivity contribution in [1.29, 1.82) is 0 Å². The van der Waals surface area contributed by atoms with Gasteiger partial charge in [-0.1, -0.05) is 61.3 Å². The van der Waals surface area contributed by atoms with E-state index in [9.17, 15) is 9.50 Å². The highest BCUT2D eigenvalue weighted by atomic mass is 35.5. The number of benzene rings is 1. The molecule has 0 saturated heterocycles. The van der Waals surface area contributed by atoms with Crippen molar-refractivity contribution >= 4 is 23.5 Å². The minimum atomic E-state index is -1.07. The van der Waals surface area contributed by atoms with Crippen molar-refractivity contribution in [2.24, 2.45) is 27.4 Å². The fourth-order valence-electron chi connectivity index (χ4n) is 4.42. The van der Waals surface area contributed by atoms with Crippen molar-refractivity contribution in [1.82, 2.24) is 0 Å². The zero-order valence-electron chi connectivity index (χ0n) is 20.9. The van der Waals surface area contributed by atoms with Crippen LogP contribution < -0.4 is 4.74 Å². The molecule has 3 atom stereocenters. The fourth-order valence-corrected chi connectivity index (χ4v) is 4.69. The summed E-state index contributed by atoms with van der Waals surface area (Å²) in [5.41, 5.74) is 3.18. The van der Waals surface area contributed by atoms with E-state index < -0.39 is 13.6 Å². The normalized spacial score (nSPS) is 25.0. The van der Waals surface area contributed by atoms with E-state index in [-0.39, 0.29) is 34.3 Å². The van der Waals surface area contributed by atoms with Crippen LogP contribution in [0.2, 0.25) is 5.02 Å². The number of aromatic hydroxyl groups is 1. The van der Waals surface area contributed by atoms with Gasteiger partial charge >= 0.3 is 0 Å². The number of phenolic OH excluding ortho intramolecular Hbond substituents is 1. The van der Waals surface area contributed by atoms with Gasteiger partial charge in [-0.25, -0.2) is 4.39 Å². The van der Waals surface area contributed by atoms with Crippen LogP contribution in [0.25, 0.3) is 0 Å². The van der Waals surface area contributed by atoms with Gasteiger partial charge < -0.3 is 19.8 Å². The van der Waals surface area contributed by atoms with Gasteiger partial charge in [0.2, 0.25) is 6.86 Å². The molecule has 0 bridgehead atoms. The lowest BCUT2D eigenvalue weighted by atomic mass is 9.61.